The summed E-state index contributed by atoms with van der Waals surface area (Å²) in [6.07, 6.45) is 1.39. The van der Waals surface area contributed by atoms with Gasteiger partial charge in [0.15, 0.2) is 23.0 Å². The van der Waals surface area contributed by atoms with Crippen LogP contribution in [0.2, 0.25) is 0 Å². The van der Waals surface area contributed by atoms with Gasteiger partial charge >= 0.3 is 6.61 Å². The highest BCUT2D eigenvalue weighted by molar-refractivity contribution is 6.07. The van der Waals surface area contributed by atoms with Gasteiger partial charge < -0.3 is 39.1 Å². The summed E-state index contributed by atoms with van der Waals surface area (Å²) in [5.41, 5.74) is 7.21. The summed E-state index contributed by atoms with van der Waals surface area (Å²) in [6.45, 7) is 2.15. The van der Waals surface area contributed by atoms with Gasteiger partial charge in [0.05, 0.1) is 25.9 Å². The van der Waals surface area contributed by atoms with Gasteiger partial charge in [0.2, 0.25) is 11.8 Å². The lowest BCUT2D eigenvalue weighted by atomic mass is 10.0. The number of hydrogen-bond acceptors (Lipinski definition) is 9. The van der Waals surface area contributed by atoms with E-state index < -0.39 is 18.6 Å². The van der Waals surface area contributed by atoms with Gasteiger partial charge in [-0.15, -0.1) is 12.4 Å². The number of carbonyl (C=O) groups is 3. The Labute approximate surface area is 306 Å². The maximum absolute atomic E-state index is 13.8. The number of morpholine rings is 1. The minimum Gasteiger partial charge on any atom is -0.490 e. The SMILES string of the molecule is C[C@H](N)c1oc(-c2ccc(OC(F)F)c(OCCCCC(=O)N3CCOCC3)c2)nc1C(=O)N1CCN(C(=O)c2cccc3ccccc23)CC1.Cl. The van der Waals surface area contributed by atoms with Gasteiger partial charge in [-0.05, 0) is 54.8 Å². The summed E-state index contributed by atoms with van der Waals surface area (Å²) in [5.74, 6) is -0.368. The number of halogens is 3. The van der Waals surface area contributed by atoms with Gasteiger partial charge in [-0.25, -0.2) is 4.98 Å². The Morgan fingerprint density at radius 3 is 2.27 bits per heavy atom. The topological polar surface area (TPSA) is 141 Å². The Hall–Kier alpha value is -4.79. The first-order chi connectivity index (χ1) is 24.7. The number of carbonyl (C=O) groups excluding carboxylic acids is 3. The molecular formula is C37H42ClF2N5O7. The lowest BCUT2D eigenvalue weighted by Gasteiger charge is -2.34. The van der Waals surface area contributed by atoms with E-state index >= 15 is 0 Å². The second-order valence-electron chi connectivity index (χ2n) is 12.5. The van der Waals surface area contributed by atoms with Crippen LogP contribution in [-0.4, -0.2) is 103 Å². The molecule has 15 heteroatoms. The molecule has 2 fully saturated rings. The second-order valence-corrected chi connectivity index (χ2v) is 12.5. The Morgan fingerprint density at radius 1 is 0.865 bits per heavy atom. The second kappa shape index (κ2) is 17.6. The molecule has 6 rings (SSSR count). The Bertz CT molecular complexity index is 1850. The molecule has 0 unspecified atom stereocenters. The van der Waals surface area contributed by atoms with Crippen molar-refractivity contribution in [2.45, 2.75) is 38.8 Å². The maximum atomic E-state index is 13.8. The molecule has 0 saturated carbocycles. The molecule has 1 atom stereocenters. The van der Waals surface area contributed by atoms with Crippen molar-refractivity contribution in [3.05, 3.63) is 77.7 Å². The molecule has 3 heterocycles. The largest absolute Gasteiger partial charge is 0.490 e. The monoisotopic (exact) mass is 741 g/mol. The number of unbranched alkanes of at least 4 members (excludes halogenated alkanes) is 1. The summed E-state index contributed by atoms with van der Waals surface area (Å²) in [4.78, 5) is 49.3. The number of hydrogen-bond donors (Lipinski definition) is 1. The molecule has 278 valence electrons. The average Bonchev–Trinajstić information content (AvgIpc) is 3.61. The van der Waals surface area contributed by atoms with Crippen molar-refractivity contribution in [3.63, 3.8) is 0 Å². The van der Waals surface area contributed by atoms with E-state index in [0.717, 1.165) is 10.8 Å². The first-order valence-corrected chi connectivity index (χ1v) is 17.1. The average molecular weight is 742 g/mol. The smallest absolute Gasteiger partial charge is 0.387 e. The molecule has 0 aliphatic carbocycles. The van der Waals surface area contributed by atoms with Crippen LogP contribution in [0.5, 0.6) is 11.5 Å². The fourth-order valence-electron chi connectivity index (χ4n) is 6.24. The van der Waals surface area contributed by atoms with Crippen LogP contribution in [0.4, 0.5) is 8.78 Å². The number of fused-ring (bicyclic) bond motifs is 1. The maximum Gasteiger partial charge on any atom is 0.387 e. The number of alkyl halides is 2. The minimum atomic E-state index is -3.08. The molecule has 52 heavy (non-hydrogen) atoms. The van der Waals surface area contributed by atoms with Crippen LogP contribution >= 0.6 is 12.4 Å². The van der Waals surface area contributed by atoms with Gasteiger partial charge in [0, 0.05) is 56.8 Å². The molecule has 2 aliphatic rings. The molecule has 3 aromatic carbocycles. The molecule has 2 saturated heterocycles. The van der Waals surface area contributed by atoms with E-state index in [-0.39, 0.29) is 72.8 Å². The molecule has 2 N–H and O–H groups in total. The molecule has 0 spiro atoms. The van der Waals surface area contributed by atoms with Crippen LogP contribution in [0.3, 0.4) is 0 Å². The van der Waals surface area contributed by atoms with E-state index in [1.165, 1.54) is 18.2 Å². The van der Waals surface area contributed by atoms with E-state index in [1.54, 1.807) is 21.6 Å². The molecule has 2 aliphatic heterocycles. The van der Waals surface area contributed by atoms with Gasteiger partial charge in [0.25, 0.3) is 11.8 Å². The zero-order chi connectivity index (χ0) is 35.9. The summed E-state index contributed by atoms with van der Waals surface area (Å²) < 4.78 is 48.2. The normalized spacial score (nSPS) is 15.4. The summed E-state index contributed by atoms with van der Waals surface area (Å²) in [7, 11) is 0. The third-order valence-corrected chi connectivity index (χ3v) is 8.96. The molecule has 12 nitrogen and oxygen atoms in total. The van der Waals surface area contributed by atoms with Gasteiger partial charge in [-0.1, -0.05) is 36.4 Å². The number of amides is 3. The first kappa shape index (κ1) is 38.4. The fraction of sp³-hybridized carbons (Fsp3) is 0.405. The number of piperazine rings is 1. The molecule has 4 aromatic rings. The number of oxazole rings is 1. The standard InChI is InChI=1S/C37H41F2N5O7.ClH/c1-24(40)33-32(36(47)44-16-14-43(15-17-44)35(46)28-10-6-8-25-7-2-3-9-27(25)28)41-34(51-33)26-12-13-29(50-37(38)39)30(23-26)49-20-5-4-11-31(45)42-18-21-48-22-19-42;/h2-3,6-10,12-13,23-24,37H,4-5,11,14-22,40H2,1H3;1H/t24-;/m0./s1. The lowest BCUT2D eigenvalue weighted by Crippen LogP contribution is -2.50. The predicted octanol–water partition coefficient (Wildman–Crippen LogP) is 5.54. The van der Waals surface area contributed by atoms with Crippen molar-refractivity contribution in [2.75, 3.05) is 59.1 Å². The van der Waals surface area contributed by atoms with Crippen molar-refractivity contribution in [1.82, 2.24) is 19.7 Å². The number of nitrogens with zero attached hydrogens (tertiary/aromatic N) is 4. The van der Waals surface area contributed by atoms with E-state index in [9.17, 15) is 23.2 Å². The van der Waals surface area contributed by atoms with E-state index in [4.69, 9.17) is 19.6 Å². The quantitative estimate of drug-likeness (QED) is 0.185. The van der Waals surface area contributed by atoms with Crippen LogP contribution in [0.15, 0.2) is 65.1 Å². The fourth-order valence-corrected chi connectivity index (χ4v) is 6.24. The van der Waals surface area contributed by atoms with Crippen LogP contribution in [0.1, 0.15) is 58.8 Å². The van der Waals surface area contributed by atoms with E-state index in [1.807, 2.05) is 42.5 Å². The number of nitrogens with two attached hydrogens (primary N) is 1. The zero-order valence-electron chi connectivity index (χ0n) is 28.8. The summed E-state index contributed by atoms with van der Waals surface area (Å²) in [5, 5.41) is 1.85. The molecular weight excluding hydrogens is 700 g/mol. The summed E-state index contributed by atoms with van der Waals surface area (Å²) in [6, 6.07) is 16.9. The van der Waals surface area contributed by atoms with Crippen molar-refractivity contribution >= 4 is 40.9 Å². The van der Waals surface area contributed by atoms with Crippen molar-refractivity contribution in [3.8, 4) is 23.0 Å². The minimum absolute atomic E-state index is 0. The predicted molar refractivity (Wildman–Crippen MR) is 191 cm³/mol. The Kier molecular flexibility index (Phi) is 13.0. The number of benzene rings is 3. The molecule has 3 amide bonds. The molecule has 0 bridgehead atoms. The first-order valence-electron chi connectivity index (χ1n) is 17.1. The van der Waals surface area contributed by atoms with E-state index in [2.05, 4.69) is 9.72 Å². The van der Waals surface area contributed by atoms with Crippen molar-refractivity contribution in [1.29, 1.82) is 0 Å². The van der Waals surface area contributed by atoms with Gasteiger partial charge in [-0.2, -0.15) is 8.78 Å². The van der Waals surface area contributed by atoms with Crippen LogP contribution < -0.4 is 15.2 Å². The zero-order valence-corrected chi connectivity index (χ0v) is 29.6. The number of rotatable bonds is 12. The summed E-state index contributed by atoms with van der Waals surface area (Å²) >= 11 is 0. The van der Waals surface area contributed by atoms with Crippen LogP contribution in [0, 0.1) is 0 Å². The van der Waals surface area contributed by atoms with Crippen molar-refractivity contribution < 1.29 is 41.8 Å². The third kappa shape index (κ3) is 8.98. The molecule has 0 radical (unpaired) electrons. The van der Waals surface area contributed by atoms with E-state index in [0.29, 0.717) is 69.8 Å². The molecule has 1 aromatic heterocycles. The third-order valence-electron chi connectivity index (χ3n) is 8.96. The highest BCUT2D eigenvalue weighted by Gasteiger charge is 2.31. The van der Waals surface area contributed by atoms with Crippen LogP contribution in [-0.2, 0) is 9.53 Å². The number of ether oxygens (including phenoxy) is 3. The van der Waals surface area contributed by atoms with Gasteiger partial charge in [0.1, 0.15) is 0 Å². The number of aromatic nitrogens is 1. The highest BCUT2D eigenvalue weighted by atomic mass is 35.5. The van der Waals surface area contributed by atoms with Crippen LogP contribution in [0.25, 0.3) is 22.2 Å². The van der Waals surface area contributed by atoms with Gasteiger partial charge in [-0.3, -0.25) is 14.4 Å². The Morgan fingerprint density at radius 2 is 1.56 bits per heavy atom. The highest BCUT2D eigenvalue weighted by Crippen LogP contribution is 2.35. The Balaban J connectivity index is 0.00000523. The van der Waals surface area contributed by atoms with Crippen molar-refractivity contribution in [2.24, 2.45) is 5.73 Å². The lowest BCUT2D eigenvalue weighted by molar-refractivity contribution is -0.135.